The highest BCUT2D eigenvalue weighted by Gasteiger charge is 2.29. The van der Waals surface area contributed by atoms with Crippen molar-refractivity contribution in [1.29, 1.82) is 0 Å². The van der Waals surface area contributed by atoms with Crippen LogP contribution < -0.4 is 10.6 Å². The van der Waals surface area contributed by atoms with Crippen molar-refractivity contribution in [2.45, 2.75) is 32.4 Å². The monoisotopic (exact) mass is 248 g/mol. The van der Waals surface area contributed by atoms with Crippen molar-refractivity contribution in [3.8, 4) is 0 Å². The van der Waals surface area contributed by atoms with Crippen LogP contribution in [0.15, 0.2) is 18.2 Å². The highest BCUT2D eigenvalue weighted by molar-refractivity contribution is 5.95. The highest BCUT2D eigenvalue weighted by atomic mass is 16.5. The van der Waals surface area contributed by atoms with Gasteiger partial charge in [0, 0.05) is 19.3 Å². The number of amides is 1. The van der Waals surface area contributed by atoms with Gasteiger partial charge in [-0.25, -0.2) is 0 Å². The molecule has 98 valence electrons. The molecule has 18 heavy (non-hydrogen) atoms. The Balaban J connectivity index is 1.99. The number of rotatable bonds is 3. The van der Waals surface area contributed by atoms with Gasteiger partial charge in [0.2, 0.25) is 5.91 Å². The average Bonchev–Trinajstić information content (AvgIpc) is 2.75. The Kier molecular flexibility index (Phi) is 3.99. The van der Waals surface area contributed by atoms with E-state index in [9.17, 15) is 4.79 Å². The van der Waals surface area contributed by atoms with Gasteiger partial charge in [0.1, 0.15) is 0 Å². The molecule has 0 aromatic heterocycles. The zero-order chi connectivity index (χ0) is 13.1. The average molecular weight is 248 g/mol. The quantitative estimate of drug-likeness (QED) is 0.854. The van der Waals surface area contributed by atoms with Crippen LogP contribution in [-0.4, -0.2) is 31.7 Å². The molecular formula is C14H20N2O2. The lowest BCUT2D eigenvalue weighted by Crippen LogP contribution is -2.35. The Labute approximate surface area is 108 Å². The Morgan fingerprint density at radius 2 is 2.00 bits per heavy atom. The normalized spacial score (nSPS) is 23.1. The fourth-order valence-corrected chi connectivity index (χ4v) is 2.36. The lowest BCUT2D eigenvalue weighted by atomic mass is 10.1. The molecule has 0 bridgehead atoms. The standard InChI is InChI=1S/C14H20N2O2/c1-9-4-10(2)6-11(5-9)16-14(17)13-7-12(18-3)8-15-13/h4-6,12-13,15H,7-8H2,1-3H3,(H,16,17). The summed E-state index contributed by atoms with van der Waals surface area (Å²) in [6, 6.07) is 5.89. The van der Waals surface area contributed by atoms with E-state index in [-0.39, 0.29) is 18.1 Å². The summed E-state index contributed by atoms with van der Waals surface area (Å²) < 4.78 is 5.24. The number of anilines is 1. The SMILES string of the molecule is COC1CNC(C(=O)Nc2cc(C)cc(C)c2)C1. The Morgan fingerprint density at radius 1 is 1.33 bits per heavy atom. The molecule has 1 fully saturated rings. The van der Waals surface area contributed by atoms with Gasteiger partial charge in [-0.3, -0.25) is 4.79 Å². The summed E-state index contributed by atoms with van der Waals surface area (Å²) >= 11 is 0. The van der Waals surface area contributed by atoms with Crippen LogP contribution in [0.25, 0.3) is 0 Å². The molecule has 1 aliphatic heterocycles. The number of ether oxygens (including phenoxy) is 1. The molecule has 0 radical (unpaired) electrons. The molecule has 1 heterocycles. The van der Waals surface area contributed by atoms with Crippen LogP contribution in [0.2, 0.25) is 0 Å². The van der Waals surface area contributed by atoms with E-state index in [1.54, 1.807) is 7.11 Å². The molecule has 0 saturated carbocycles. The number of methoxy groups -OCH3 is 1. The zero-order valence-electron chi connectivity index (χ0n) is 11.1. The fraction of sp³-hybridized carbons (Fsp3) is 0.500. The van der Waals surface area contributed by atoms with Gasteiger partial charge in [-0.2, -0.15) is 0 Å². The van der Waals surface area contributed by atoms with Crippen LogP contribution in [0.1, 0.15) is 17.5 Å². The van der Waals surface area contributed by atoms with Crippen molar-refractivity contribution in [2.24, 2.45) is 0 Å². The summed E-state index contributed by atoms with van der Waals surface area (Å²) in [6.45, 7) is 4.79. The van der Waals surface area contributed by atoms with Crippen LogP contribution in [0.5, 0.6) is 0 Å². The van der Waals surface area contributed by atoms with E-state index in [1.165, 1.54) is 0 Å². The van der Waals surface area contributed by atoms with Gasteiger partial charge in [-0.15, -0.1) is 0 Å². The van der Waals surface area contributed by atoms with Crippen LogP contribution in [0.3, 0.4) is 0 Å². The maximum atomic E-state index is 12.1. The molecule has 4 heteroatoms. The van der Waals surface area contributed by atoms with Crippen LogP contribution in [0.4, 0.5) is 5.69 Å². The van der Waals surface area contributed by atoms with Crippen LogP contribution >= 0.6 is 0 Å². The molecule has 2 rings (SSSR count). The molecule has 1 aliphatic rings. The fourth-order valence-electron chi connectivity index (χ4n) is 2.36. The maximum Gasteiger partial charge on any atom is 0.241 e. The Bertz CT molecular complexity index is 425. The molecule has 1 saturated heterocycles. The number of hydrogen-bond donors (Lipinski definition) is 2. The van der Waals surface area contributed by atoms with Crippen molar-refractivity contribution in [2.75, 3.05) is 19.0 Å². The van der Waals surface area contributed by atoms with Gasteiger partial charge in [-0.05, 0) is 43.5 Å². The predicted octanol–water partition coefficient (Wildman–Crippen LogP) is 1.62. The van der Waals surface area contributed by atoms with Gasteiger partial charge < -0.3 is 15.4 Å². The van der Waals surface area contributed by atoms with Crippen molar-refractivity contribution in [3.63, 3.8) is 0 Å². The van der Waals surface area contributed by atoms with E-state index < -0.39 is 0 Å². The molecule has 0 spiro atoms. The minimum absolute atomic E-state index is 0.0135. The molecule has 0 aliphatic carbocycles. The number of carbonyl (C=O) groups is 1. The number of hydrogen-bond acceptors (Lipinski definition) is 3. The number of aryl methyl sites for hydroxylation is 2. The molecule has 1 aromatic carbocycles. The minimum Gasteiger partial charge on any atom is -0.380 e. The van der Waals surface area contributed by atoms with Crippen molar-refractivity contribution in [3.05, 3.63) is 29.3 Å². The molecular weight excluding hydrogens is 228 g/mol. The maximum absolute atomic E-state index is 12.1. The molecule has 1 aromatic rings. The van der Waals surface area contributed by atoms with E-state index in [0.717, 1.165) is 29.8 Å². The number of carbonyl (C=O) groups excluding carboxylic acids is 1. The smallest absolute Gasteiger partial charge is 0.241 e. The number of nitrogens with one attached hydrogen (secondary N) is 2. The van der Waals surface area contributed by atoms with Gasteiger partial charge in [-0.1, -0.05) is 6.07 Å². The lowest BCUT2D eigenvalue weighted by molar-refractivity contribution is -0.118. The highest BCUT2D eigenvalue weighted by Crippen LogP contribution is 2.16. The first-order valence-corrected chi connectivity index (χ1v) is 6.24. The van der Waals surface area contributed by atoms with Gasteiger partial charge in [0.15, 0.2) is 0 Å². The van der Waals surface area contributed by atoms with Gasteiger partial charge in [0.25, 0.3) is 0 Å². The predicted molar refractivity (Wildman–Crippen MR) is 71.8 cm³/mol. The third-order valence-electron chi connectivity index (χ3n) is 3.23. The zero-order valence-corrected chi connectivity index (χ0v) is 11.1. The van der Waals surface area contributed by atoms with E-state index >= 15 is 0 Å². The molecule has 2 N–H and O–H groups in total. The van der Waals surface area contributed by atoms with Crippen molar-refractivity contribution in [1.82, 2.24) is 5.32 Å². The van der Waals surface area contributed by atoms with Gasteiger partial charge >= 0.3 is 0 Å². The Morgan fingerprint density at radius 3 is 2.56 bits per heavy atom. The summed E-state index contributed by atoms with van der Waals surface area (Å²) in [6.07, 6.45) is 0.868. The summed E-state index contributed by atoms with van der Waals surface area (Å²) in [5.41, 5.74) is 3.17. The lowest BCUT2D eigenvalue weighted by Gasteiger charge is -2.12. The first-order chi connectivity index (χ1) is 8.58. The first kappa shape index (κ1) is 13.1. The summed E-state index contributed by atoms with van der Waals surface area (Å²) in [7, 11) is 1.68. The van der Waals surface area contributed by atoms with Crippen LogP contribution in [-0.2, 0) is 9.53 Å². The second-order valence-electron chi connectivity index (χ2n) is 4.92. The minimum atomic E-state index is -0.157. The Hall–Kier alpha value is -1.39. The third-order valence-corrected chi connectivity index (χ3v) is 3.23. The molecule has 2 atom stereocenters. The molecule has 1 amide bonds. The molecule has 2 unspecified atom stereocenters. The summed E-state index contributed by atoms with van der Waals surface area (Å²) in [5.74, 6) is 0.0135. The van der Waals surface area contributed by atoms with E-state index in [1.807, 2.05) is 26.0 Å². The number of benzene rings is 1. The second-order valence-corrected chi connectivity index (χ2v) is 4.92. The van der Waals surface area contributed by atoms with Crippen molar-refractivity contribution >= 4 is 11.6 Å². The third kappa shape index (κ3) is 3.09. The first-order valence-electron chi connectivity index (χ1n) is 6.24. The second kappa shape index (κ2) is 5.50. The molecule has 4 nitrogen and oxygen atoms in total. The van der Waals surface area contributed by atoms with E-state index in [2.05, 4.69) is 16.7 Å². The summed E-state index contributed by atoms with van der Waals surface area (Å²) in [4.78, 5) is 12.1. The van der Waals surface area contributed by atoms with Gasteiger partial charge in [0.05, 0.1) is 12.1 Å². The topological polar surface area (TPSA) is 50.4 Å². The summed E-state index contributed by atoms with van der Waals surface area (Å²) in [5, 5.41) is 6.12. The van der Waals surface area contributed by atoms with Crippen molar-refractivity contribution < 1.29 is 9.53 Å². The largest absolute Gasteiger partial charge is 0.380 e. The van der Waals surface area contributed by atoms with Crippen LogP contribution in [0, 0.1) is 13.8 Å². The van der Waals surface area contributed by atoms with E-state index in [0.29, 0.717) is 0 Å². The van der Waals surface area contributed by atoms with E-state index in [4.69, 9.17) is 4.74 Å².